The standard InChI is InChI=1S/C15H24N2O/c1-3-11-6-4-5-7-12(11)15(16)13-8-9-17-10-14(13)18-2/h8-12,15H,3-7,16H2,1-2H3. The molecule has 0 aliphatic heterocycles. The van der Waals surface area contributed by atoms with Crippen molar-refractivity contribution in [3.63, 3.8) is 0 Å². The van der Waals surface area contributed by atoms with Gasteiger partial charge in [0.15, 0.2) is 0 Å². The topological polar surface area (TPSA) is 48.1 Å². The molecule has 3 heteroatoms. The molecule has 1 aromatic rings. The van der Waals surface area contributed by atoms with Crippen molar-refractivity contribution < 1.29 is 4.74 Å². The second kappa shape index (κ2) is 6.19. The molecule has 0 saturated heterocycles. The first-order valence-corrected chi connectivity index (χ1v) is 7.01. The minimum absolute atomic E-state index is 0.0770. The summed E-state index contributed by atoms with van der Waals surface area (Å²) in [6, 6.07) is 2.08. The van der Waals surface area contributed by atoms with Gasteiger partial charge in [0, 0.05) is 17.8 Å². The van der Waals surface area contributed by atoms with Crippen LogP contribution in [0, 0.1) is 11.8 Å². The lowest BCUT2D eigenvalue weighted by molar-refractivity contribution is 0.194. The largest absolute Gasteiger partial charge is 0.495 e. The van der Waals surface area contributed by atoms with E-state index in [0.717, 1.165) is 17.2 Å². The number of hydrogen-bond donors (Lipinski definition) is 1. The van der Waals surface area contributed by atoms with Gasteiger partial charge < -0.3 is 10.5 Å². The van der Waals surface area contributed by atoms with Crippen LogP contribution in [-0.2, 0) is 0 Å². The van der Waals surface area contributed by atoms with Crippen molar-refractivity contribution in [2.24, 2.45) is 17.6 Å². The molecule has 1 fully saturated rings. The van der Waals surface area contributed by atoms with Crippen LogP contribution in [0.15, 0.2) is 18.5 Å². The predicted octanol–water partition coefficient (Wildman–Crippen LogP) is 3.31. The number of aromatic nitrogens is 1. The van der Waals surface area contributed by atoms with Crippen LogP contribution < -0.4 is 10.5 Å². The van der Waals surface area contributed by atoms with E-state index in [1.807, 2.05) is 12.3 Å². The van der Waals surface area contributed by atoms with E-state index < -0.39 is 0 Å². The fourth-order valence-corrected chi connectivity index (χ4v) is 3.28. The quantitative estimate of drug-likeness (QED) is 0.889. The fraction of sp³-hybridized carbons (Fsp3) is 0.667. The maximum atomic E-state index is 6.50. The predicted molar refractivity (Wildman–Crippen MR) is 73.5 cm³/mol. The van der Waals surface area contributed by atoms with Crippen LogP contribution in [0.1, 0.15) is 50.6 Å². The summed E-state index contributed by atoms with van der Waals surface area (Å²) in [5.41, 5.74) is 7.61. The number of ether oxygens (including phenoxy) is 1. The Labute approximate surface area is 110 Å². The minimum Gasteiger partial charge on any atom is -0.495 e. The number of nitrogens with zero attached hydrogens (tertiary/aromatic N) is 1. The normalized spacial score (nSPS) is 25.7. The van der Waals surface area contributed by atoms with Gasteiger partial charge in [0.1, 0.15) is 5.75 Å². The summed E-state index contributed by atoms with van der Waals surface area (Å²) in [5, 5.41) is 0. The molecule has 0 radical (unpaired) electrons. The summed E-state index contributed by atoms with van der Waals surface area (Å²) in [5.74, 6) is 2.16. The lowest BCUT2D eigenvalue weighted by Crippen LogP contribution is -2.30. The maximum Gasteiger partial charge on any atom is 0.141 e. The molecule has 100 valence electrons. The zero-order valence-electron chi connectivity index (χ0n) is 11.4. The molecular formula is C15H24N2O. The number of rotatable bonds is 4. The average molecular weight is 248 g/mol. The zero-order valence-corrected chi connectivity index (χ0v) is 11.4. The van der Waals surface area contributed by atoms with E-state index >= 15 is 0 Å². The molecule has 0 bridgehead atoms. The van der Waals surface area contributed by atoms with Gasteiger partial charge in [-0.2, -0.15) is 0 Å². The van der Waals surface area contributed by atoms with Gasteiger partial charge in [-0.1, -0.05) is 32.6 Å². The van der Waals surface area contributed by atoms with Crippen LogP contribution in [0.2, 0.25) is 0 Å². The van der Waals surface area contributed by atoms with Crippen molar-refractivity contribution in [1.29, 1.82) is 0 Å². The molecule has 3 unspecified atom stereocenters. The molecule has 1 aliphatic rings. The third kappa shape index (κ3) is 2.66. The third-order valence-corrected chi connectivity index (χ3v) is 4.35. The molecule has 2 rings (SSSR count). The van der Waals surface area contributed by atoms with E-state index in [4.69, 9.17) is 10.5 Å². The Kier molecular flexibility index (Phi) is 4.59. The smallest absolute Gasteiger partial charge is 0.141 e. The average Bonchev–Trinajstić information content (AvgIpc) is 2.46. The van der Waals surface area contributed by atoms with E-state index in [1.165, 1.54) is 32.1 Å². The second-order valence-electron chi connectivity index (χ2n) is 5.26. The Hall–Kier alpha value is -1.09. The third-order valence-electron chi connectivity index (χ3n) is 4.35. The summed E-state index contributed by atoms with van der Waals surface area (Å²) in [7, 11) is 1.69. The van der Waals surface area contributed by atoms with Crippen LogP contribution in [0.3, 0.4) is 0 Å². The van der Waals surface area contributed by atoms with Gasteiger partial charge in [-0.3, -0.25) is 4.98 Å². The summed E-state index contributed by atoms with van der Waals surface area (Å²) in [4.78, 5) is 4.10. The SMILES string of the molecule is CCC1CCCCC1C(N)c1ccncc1OC. The van der Waals surface area contributed by atoms with Gasteiger partial charge in [0.2, 0.25) is 0 Å². The van der Waals surface area contributed by atoms with Crippen LogP contribution in [-0.4, -0.2) is 12.1 Å². The number of pyridine rings is 1. The van der Waals surface area contributed by atoms with Crippen LogP contribution in [0.5, 0.6) is 5.75 Å². The van der Waals surface area contributed by atoms with Gasteiger partial charge in [0.05, 0.1) is 13.3 Å². The van der Waals surface area contributed by atoms with Crippen molar-refractivity contribution in [2.45, 2.75) is 45.1 Å². The molecule has 1 aliphatic carbocycles. The van der Waals surface area contributed by atoms with Gasteiger partial charge in [-0.25, -0.2) is 0 Å². The first kappa shape index (κ1) is 13.3. The molecule has 2 N–H and O–H groups in total. The van der Waals surface area contributed by atoms with Gasteiger partial charge in [0.25, 0.3) is 0 Å². The molecule has 1 saturated carbocycles. The van der Waals surface area contributed by atoms with Crippen LogP contribution in [0.4, 0.5) is 0 Å². The van der Waals surface area contributed by atoms with Crippen LogP contribution >= 0.6 is 0 Å². The van der Waals surface area contributed by atoms with Crippen molar-refractivity contribution in [3.8, 4) is 5.75 Å². The Morgan fingerprint density at radius 1 is 1.44 bits per heavy atom. The van der Waals surface area contributed by atoms with Crippen LogP contribution in [0.25, 0.3) is 0 Å². The summed E-state index contributed by atoms with van der Waals surface area (Å²) >= 11 is 0. The summed E-state index contributed by atoms with van der Waals surface area (Å²) < 4.78 is 5.38. The molecular weight excluding hydrogens is 224 g/mol. The Bertz CT molecular complexity index is 381. The maximum absolute atomic E-state index is 6.50. The molecule has 3 atom stereocenters. The Balaban J connectivity index is 2.20. The summed E-state index contributed by atoms with van der Waals surface area (Å²) in [6.07, 6.45) is 10.0. The number of methoxy groups -OCH3 is 1. The molecule has 0 spiro atoms. The highest BCUT2D eigenvalue weighted by Gasteiger charge is 2.30. The van der Waals surface area contributed by atoms with Crippen molar-refractivity contribution in [3.05, 3.63) is 24.0 Å². The lowest BCUT2D eigenvalue weighted by Gasteiger charge is -2.35. The molecule has 0 aromatic carbocycles. The molecule has 1 heterocycles. The summed E-state index contributed by atoms with van der Waals surface area (Å²) in [6.45, 7) is 2.28. The zero-order chi connectivity index (χ0) is 13.0. The molecule has 1 aromatic heterocycles. The Morgan fingerprint density at radius 3 is 2.94 bits per heavy atom. The molecule has 3 nitrogen and oxygen atoms in total. The highest BCUT2D eigenvalue weighted by molar-refractivity contribution is 5.33. The van der Waals surface area contributed by atoms with E-state index in [-0.39, 0.29) is 6.04 Å². The van der Waals surface area contributed by atoms with Crippen molar-refractivity contribution in [1.82, 2.24) is 4.98 Å². The van der Waals surface area contributed by atoms with E-state index in [9.17, 15) is 0 Å². The highest BCUT2D eigenvalue weighted by atomic mass is 16.5. The Morgan fingerprint density at radius 2 is 2.22 bits per heavy atom. The van der Waals surface area contributed by atoms with Gasteiger partial charge in [-0.05, 0) is 24.3 Å². The first-order chi connectivity index (χ1) is 8.77. The van der Waals surface area contributed by atoms with E-state index in [2.05, 4.69) is 11.9 Å². The fourth-order valence-electron chi connectivity index (χ4n) is 3.28. The molecule has 18 heavy (non-hydrogen) atoms. The van der Waals surface area contributed by atoms with Gasteiger partial charge >= 0.3 is 0 Å². The lowest BCUT2D eigenvalue weighted by atomic mass is 9.72. The molecule has 0 amide bonds. The first-order valence-electron chi connectivity index (χ1n) is 7.01. The van der Waals surface area contributed by atoms with E-state index in [0.29, 0.717) is 5.92 Å². The van der Waals surface area contributed by atoms with Crippen molar-refractivity contribution >= 4 is 0 Å². The van der Waals surface area contributed by atoms with E-state index in [1.54, 1.807) is 13.3 Å². The monoisotopic (exact) mass is 248 g/mol. The van der Waals surface area contributed by atoms with Gasteiger partial charge in [-0.15, -0.1) is 0 Å². The second-order valence-corrected chi connectivity index (χ2v) is 5.26. The van der Waals surface area contributed by atoms with Crippen molar-refractivity contribution in [2.75, 3.05) is 7.11 Å². The number of hydrogen-bond acceptors (Lipinski definition) is 3. The minimum atomic E-state index is 0.0770. The highest BCUT2D eigenvalue weighted by Crippen LogP contribution is 2.40. The number of nitrogens with two attached hydrogens (primary N) is 1.